The normalized spacial score (nSPS) is 31.3. The lowest BCUT2D eigenvalue weighted by Gasteiger charge is -2.39. The van der Waals surface area contributed by atoms with E-state index >= 15 is 0 Å². The summed E-state index contributed by atoms with van der Waals surface area (Å²) in [5.74, 6) is 1.47. The highest BCUT2D eigenvalue weighted by Gasteiger charge is 2.76. The van der Waals surface area contributed by atoms with Gasteiger partial charge in [-0.3, -0.25) is 4.79 Å². The Kier molecular flexibility index (Phi) is 3.72. The summed E-state index contributed by atoms with van der Waals surface area (Å²) in [7, 11) is 4.66. The first-order valence-electron chi connectivity index (χ1n) is 10.2. The molecule has 0 amide bonds. The zero-order valence-corrected chi connectivity index (χ0v) is 17.3. The minimum absolute atomic E-state index is 0.127. The van der Waals surface area contributed by atoms with Crippen molar-refractivity contribution in [1.82, 2.24) is 0 Å². The number of rotatable bonds is 4. The monoisotopic (exact) mass is 426 g/mol. The minimum atomic E-state index is -0.822. The second kappa shape index (κ2) is 6.20. The largest absolute Gasteiger partial charge is 0.493 e. The van der Waals surface area contributed by atoms with Crippen molar-refractivity contribution in [3.05, 3.63) is 41.0 Å². The molecule has 2 aliphatic heterocycles. The molecule has 4 aliphatic rings. The molecule has 1 saturated heterocycles. The van der Waals surface area contributed by atoms with Crippen LogP contribution in [0, 0.1) is 11.3 Å². The molecular weight excluding hydrogens is 404 g/mol. The van der Waals surface area contributed by atoms with E-state index in [2.05, 4.69) is 0 Å². The molecule has 0 aromatic heterocycles. The molecule has 0 bridgehead atoms. The number of hydrogen-bond donors (Lipinski definition) is 1. The van der Waals surface area contributed by atoms with Crippen LogP contribution in [0.4, 0.5) is 0 Å². The summed E-state index contributed by atoms with van der Waals surface area (Å²) in [4.78, 5) is 13.0. The van der Waals surface area contributed by atoms with Gasteiger partial charge in [-0.25, -0.2) is 0 Å². The van der Waals surface area contributed by atoms with Gasteiger partial charge in [0.2, 0.25) is 12.5 Å². The van der Waals surface area contributed by atoms with Crippen LogP contribution in [0.3, 0.4) is 0 Å². The number of ether oxygens (including phenoxy) is 6. The molecule has 8 nitrogen and oxygen atoms in total. The van der Waals surface area contributed by atoms with Crippen LogP contribution < -0.4 is 23.7 Å². The number of fused-ring (bicyclic) bond motifs is 2. The van der Waals surface area contributed by atoms with Gasteiger partial charge >= 0.3 is 5.97 Å². The van der Waals surface area contributed by atoms with Gasteiger partial charge in [0.05, 0.1) is 38.8 Å². The van der Waals surface area contributed by atoms with Gasteiger partial charge in [0.1, 0.15) is 6.10 Å². The highest BCUT2D eigenvalue weighted by atomic mass is 16.7. The summed E-state index contributed by atoms with van der Waals surface area (Å²) in [5, 5.41) is 11.3. The third-order valence-electron chi connectivity index (χ3n) is 7.17. The number of carbonyl (C=O) groups is 1. The van der Waals surface area contributed by atoms with E-state index in [0.29, 0.717) is 35.2 Å². The van der Waals surface area contributed by atoms with Crippen molar-refractivity contribution >= 4 is 5.97 Å². The van der Waals surface area contributed by atoms with E-state index in [1.54, 1.807) is 21.3 Å². The third-order valence-corrected chi connectivity index (χ3v) is 7.17. The zero-order valence-electron chi connectivity index (χ0n) is 17.3. The maximum atomic E-state index is 13.0. The standard InChI is InChI=1S/C23H22O8/c1-26-15-4-10(5-16(27-2)20(15)28-3)18-11-6-13-14(30-9-29-13)7-12(11)21(24)23-8-17(23)31-22(25)19(18)23/h4-7,17-19,21,24H,8-9H2,1-3H3/t17-,18?,19+,21+,23-/m1/s1. The Labute approximate surface area is 178 Å². The maximum Gasteiger partial charge on any atom is 0.311 e. The van der Waals surface area contributed by atoms with Crippen LogP contribution >= 0.6 is 0 Å². The van der Waals surface area contributed by atoms with Crippen molar-refractivity contribution in [2.45, 2.75) is 24.5 Å². The Morgan fingerprint density at radius 3 is 2.23 bits per heavy atom. The lowest BCUT2D eigenvalue weighted by molar-refractivity contribution is -0.145. The molecule has 6 rings (SSSR count). The highest BCUT2D eigenvalue weighted by molar-refractivity contribution is 5.82. The third kappa shape index (κ3) is 2.25. The number of carbonyl (C=O) groups excluding carboxylic acids is 1. The molecule has 2 aromatic rings. The van der Waals surface area contributed by atoms with Crippen molar-refractivity contribution in [3.8, 4) is 28.7 Å². The summed E-state index contributed by atoms with van der Waals surface area (Å²) in [6.07, 6.45) is -0.459. The van der Waals surface area contributed by atoms with E-state index in [9.17, 15) is 9.90 Å². The quantitative estimate of drug-likeness (QED) is 0.746. The first-order chi connectivity index (χ1) is 15.0. The van der Waals surface area contributed by atoms with E-state index in [1.165, 1.54) is 0 Å². The van der Waals surface area contributed by atoms with Gasteiger partial charge in [0.25, 0.3) is 0 Å². The van der Waals surface area contributed by atoms with E-state index in [-0.39, 0.29) is 24.8 Å². The second-order valence-electron chi connectivity index (χ2n) is 8.39. The molecule has 8 heteroatoms. The van der Waals surface area contributed by atoms with Crippen molar-refractivity contribution in [1.29, 1.82) is 0 Å². The average Bonchev–Trinajstić information content (AvgIpc) is 3.14. The van der Waals surface area contributed by atoms with Gasteiger partial charge in [-0.2, -0.15) is 0 Å². The number of hydrogen-bond acceptors (Lipinski definition) is 8. The molecule has 1 spiro atoms. The topological polar surface area (TPSA) is 92.7 Å². The van der Waals surface area contributed by atoms with E-state index in [4.69, 9.17) is 28.4 Å². The minimum Gasteiger partial charge on any atom is -0.493 e. The van der Waals surface area contributed by atoms with Crippen LogP contribution in [0.15, 0.2) is 24.3 Å². The van der Waals surface area contributed by atoms with Crippen molar-refractivity contribution in [2.24, 2.45) is 11.3 Å². The summed E-state index contributed by atoms with van der Waals surface area (Å²) < 4.78 is 33.3. The van der Waals surface area contributed by atoms with Gasteiger partial charge in [0.15, 0.2) is 23.0 Å². The lowest BCUT2D eigenvalue weighted by Crippen LogP contribution is -2.37. The lowest BCUT2D eigenvalue weighted by atomic mass is 9.63. The molecular formula is C23H22O8. The van der Waals surface area contributed by atoms with Crippen molar-refractivity contribution < 1.29 is 38.3 Å². The van der Waals surface area contributed by atoms with Gasteiger partial charge in [0, 0.05) is 5.92 Å². The molecule has 5 atom stereocenters. The second-order valence-corrected chi connectivity index (χ2v) is 8.39. The fraction of sp³-hybridized carbons (Fsp3) is 0.435. The zero-order chi connectivity index (χ0) is 21.5. The van der Waals surface area contributed by atoms with E-state index in [1.807, 2.05) is 24.3 Å². The molecule has 31 heavy (non-hydrogen) atoms. The number of aliphatic hydroxyl groups excluding tert-OH is 1. The Bertz CT molecular complexity index is 1090. The van der Waals surface area contributed by atoms with Crippen LogP contribution in [-0.4, -0.2) is 45.3 Å². The summed E-state index contributed by atoms with van der Waals surface area (Å²) in [6, 6.07) is 7.41. The summed E-state index contributed by atoms with van der Waals surface area (Å²) in [5.41, 5.74) is 1.73. The van der Waals surface area contributed by atoms with Crippen LogP contribution in [0.1, 0.15) is 35.1 Å². The van der Waals surface area contributed by atoms with E-state index < -0.39 is 17.4 Å². The number of aliphatic hydroxyl groups is 1. The summed E-state index contributed by atoms with van der Waals surface area (Å²) >= 11 is 0. The first kappa shape index (κ1) is 18.6. The van der Waals surface area contributed by atoms with Crippen LogP contribution in [0.2, 0.25) is 0 Å². The van der Waals surface area contributed by atoms with Crippen molar-refractivity contribution in [2.75, 3.05) is 28.1 Å². The SMILES string of the molecule is COc1cc(C2c3cc4c(cc3[C@H](O)[C@]35C[C@H]3OC(=O)[C@H]25)OCO4)cc(OC)c1OC. The first-order valence-corrected chi connectivity index (χ1v) is 10.2. The average molecular weight is 426 g/mol. The Balaban J connectivity index is 1.61. The fourth-order valence-corrected chi connectivity index (χ4v) is 5.68. The molecule has 1 N–H and O–H groups in total. The number of esters is 1. The molecule has 2 heterocycles. The smallest absolute Gasteiger partial charge is 0.311 e. The van der Waals surface area contributed by atoms with Gasteiger partial charge in [-0.05, 0) is 47.4 Å². The number of methoxy groups -OCH3 is 3. The van der Waals surface area contributed by atoms with Gasteiger partial charge in [-0.1, -0.05) is 0 Å². The molecule has 162 valence electrons. The van der Waals surface area contributed by atoms with Crippen LogP contribution in [-0.2, 0) is 9.53 Å². The van der Waals surface area contributed by atoms with Gasteiger partial charge in [-0.15, -0.1) is 0 Å². The summed E-state index contributed by atoms with van der Waals surface area (Å²) in [6.45, 7) is 0.127. The van der Waals surface area contributed by atoms with Crippen molar-refractivity contribution in [3.63, 3.8) is 0 Å². The Hall–Kier alpha value is -3.13. The maximum absolute atomic E-state index is 13.0. The molecule has 1 saturated carbocycles. The Morgan fingerprint density at radius 2 is 1.61 bits per heavy atom. The Morgan fingerprint density at radius 1 is 0.968 bits per heavy atom. The molecule has 1 unspecified atom stereocenters. The molecule has 2 fully saturated rings. The molecule has 2 aromatic carbocycles. The predicted molar refractivity (Wildman–Crippen MR) is 106 cm³/mol. The fourth-order valence-electron chi connectivity index (χ4n) is 5.68. The predicted octanol–water partition coefficient (Wildman–Crippen LogP) is 2.55. The van der Waals surface area contributed by atoms with Crippen LogP contribution in [0.25, 0.3) is 0 Å². The van der Waals surface area contributed by atoms with Gasteiger partial charge < -0.3 is 33.5 Å². The number of benzene rings is 2. The molecule has 2 aliphatic carbocycles. The van der Waals surface area contributed by atoms with E-state index in [0.717, 1.165) is 16.7 Å². The molecule has 0 radical (unpaired) electrons. The highest BCUT2D eigenvalue weighted by Crippen LogP contribution is 2.73. The van der Waals surface area contributed by atoms with Crippen LogP contribution in [0.5, 0.6) is 28.7 Å².